The molecule has 0 unspecified atom stereocenters. The van der Waals surface area contributed by atoms with Gasteiger partial charge >= 0.3 is 6.18 Å². The SMILES string of the molecule is COc1ccc2oc(-c3ccc(Cl)cc3)cc(=Nc3ccccc3C(F)(F)F)c2c1. The van der Waals surface area contributed by atoms with Crippen LogP contribution in [0.3, 0.4) is 0 Å². The van der Waals surface area contributed by atoms with Gasteiger partial charge < -0.3 is 9.15 Å². The Balaban J connectivity index is 2.02. The molecule has 0 saturated carbocycles. The smallest absolute Gasteiger partial charge is 0.418 e. The average Bonchev–Trinajstić information content (AvgIpc) is 2.73. The van der Waals surface area contributed by atoms with Gasteiger partial charge in [-0.2, -0.15) is 13.2 Å². The molecule has 0 N–H and O–H groups in total. The Labute approximate surface area is 175 Å². The number of alkyl halides is 3. The number of hydrogen-bond donors (Lipinski definition) is 0. The Morgan fingerprint density at radius 2 is 1.67 bits per heavy atom. The summed E-state index contributed by atoms with van der Waals surface area (Å²) >= 11 is 5.96. The number of hydrogen-bond acceptors (Lipinski definition) is 3. The first-order valence-corrected chi connectivity index (χ1v) is 9.32. The first-order chi connectivity index (χ1) is 14.3. The highest BCUT2D eigenvalue weighted by Crippen LogP contribution is 2.36. The van der Waals surface area contributed by atoms with Crippen LogP contribution < -0.4 is 10.1 Å². The molecule has 0 aliphatic rings. The normalized spacial score (nSPS) is 12.4. The molecular formula is C23H15ClF3NO2. The van der Waals surface area contributed by atoms with Crippen molar-refractivity contribution >= 4 is 28.3 Å². The average molecular weight is 430 g/mol. The summed E-state index contributed by atoms with van der Waals surface area (Å²) in [5, 5.41) is 1.43. The van der Waals surface area contributed by atoms with Crippen molar-refractivity contribution in [1.29, 1.82) is 0 Å². The predicted octanol–water partition coefficient (Wildman–Crippen LogP) is 7.01. The Kier molecular flexibility index (Phi) is 5.26. The van der Waals surface area contributed by atoms with Crippen molar-refractivity contribution in [1.82, 2.24) is 0 Å². The number of halogens is 4. The van der Waals surface area contributed by atoms with E-state index in [0.29, 0.717) is 32.9 Å². The summed E-state index contributed by atoms with van der Waals surface area (Å²) in [6.45, 7) is 0. The lowest BCUT2D eigenvalue weighted by atomic mass is 10.1. The van der Waals surface area contributed by atoms with Gasteiger partial charge in [0.1, 0.15) is 17.1 Å². The van der Waals surface area contributed by atoms with Crippen LogP contribution in [-0.4, -0.2) is 7.11 Å². The molecule has 0 bridgehead atoms. The first kappa shape index (κ1) is 20.0. The second kappa shape index (κ2) is 7.88. The molecule has 0 atom stereocenters. The third kappa shape index (κ3) is 4.04. The fourth-order valence-electron chi connectivity index (χ4n) is 3.06. The minimum Gasteiger partial charge on any atom is -0.497 e. The molecule has 0 aliphatic carbocycles. The summed E-state index contributed by atoms with van der Waals surface area (Å²) in [6.07, 6.45) is -4.52. The lowest BCUT2D eigenvalue weighted by molar-refractivity contribution is -0.137. The van der Waals surface area contributed by atoms with Crippen molar-refractivity contribution < 1.29 is 22.3 Å². The standard InChI is InChI=1S/C23H15ClF3NO2/c1-29-16-10-11-21-17(12-16)20(13-22(30-21)14-6-8-15(24)9-7-14)28-19-5-3-2-4-18(19)23(25,26)27/h2-13H,1H3. The number of para-hydroxylation sites is 1. The molecule has 0 spiro atoms. The fourth-order valence-corrected chi connectivity index (χ4v) is 3.19. The third-order valence-electron chi connectivity index (χ3n) is 4.53. The van der Waals surface area contributed by atoms with E-state index in [9.17, 15) is 13.2 Å². The van der Waals surface area contributed by atoms with Crippen molar-refractivity contribution in [2.45, 2.75) is 6.18 Å². The van der Waals surface area contributed by atoms with Crippen molar-refractivity contribution in [3.05, 3.63) is 88.7 Å². The minimum atomic E-state index is -4.52. The van der Waals surface area contributed by atoms with Crippen LogP contribution in [0.5, 0.6) is 5.75 Å². The van der Waals surface area contributed by atoms with Gasteiger partial charge in [-0.1, -0.05) is 23.7 Å². The molecule has 7 heteroatoms. The van der Waals surface area contributed by atoms with Gasteiger partial charge in [-0.05, 0) is 54.6 Å². The number of methoxy groups -OCH3 is 1. The molecule has 0 amide bonds. The Hall–Kier alpha value is -3.25. The van der Waals surface area contributed by atoms with Crippen LogP contribution >= 0.6 is 11.6 Å². The van der Waals surface area contributed by atoms with E-state index in [2.05, 4.69) is 4.99 Å². The largest absolute Gasteiger partial charge is 0.497 e. The van der Waals surface area contributed by atoms with Crippen molar-refractivity contribution in [2.24, 2.45) is 4.99 Å². The molecule has 30 heavy (non-hydrogen) atoms. The maximum atomic E-state index is 13.5. The van der Waals surface area contributed by atoms with Crippen LogP contribution in [0.2, 0.25) is 5.02 Å². The van der Waals surface area contributed by atoms with Crippen molar-refractivity contribution in [2.75, 3.05) is 7.11 Å². The monoisotopic (exact) mass is 429 g/mol. The summed E-state index contributed by atoms with van der Waals surface area (Å²) < 4.78 is 51.6. The lowest BCUT2D eigenvalue weighted by Gasteiger charge is -2.10. The van der Waals surface area contributed by atoms with Gasteiger partial charge in [0.25, 0.3) is 0 Å². The highest BCUT2D eigenvalue weighted by Gasteiger charge is 2.33. The topological polar surface area (TPSA) is 34.7 Å². The van der Waals surface area contributed by atoms with E-state index >= 15 is 0 Å². The molecule has 1 heterocycles. The van der Waals surface area contributed by atoms with E-state index < -0.39 is 11.7 Å². The number of benzene rings is 3. The van der Waals surface area contributed by atoms with Crippen LogP contribution in [-0.2, 0) is 6.18 Å². The maximum Gasteiger partial charge on any atom is 0.418 e. The van der Waals surface area contributed by atoms with Crippen molar-refractivity contribution in [3.63, 3.8) is 0 Å². The van der Waals surface area contributed by atoms with Crippen LogP contribution in [0.15, 0.2) is 82.2 Å². The summed E-state index contributed by atoms with van der Waals surface area (Å²) in [6, 6.07) is 18.8. The Bertz CT molecular complexity index is 1280. The lowest BCUT2D eigenvalue weighted by Crippen LogP contribution is -2.08. The van der Waals surface area contributed by atoms with Crippen LogP contribution in [0.1, 0.15) is 5.56 Å². The molecule has 4 aromatic rings. The summed E-state index contributed by atoms with van der Waals surface area (Å²) in [5.74, 6) is 0.991. The van der Waals surface area contributed by atoms with Gasteiger partial charge in [0.2, 0.25) is 0 Å². The van der Waals surface area contributed by atoms with E-state index in [1.54, 1.807) is 48.5 Å². The van der Waals surface area contributed by atoms with Gasteiger partial charge in [0.15, 0.2) is 0 Å². The predicted molar refractivity (Wildman–Crippen MR) is 110 cm³/mol. The molecule has 0 fully saturated rings. The van der Waals surface area contributed by atoms with Gasteiger partial charge in [0.05, 0.1) is 23.7 Å². The second-order valence-corrected chi connectivity index (χ2v) is 6.93. The molecule has 0 radical (unpaired) electrons. The van der Waals surface area contributed by atoms with E-state index in [1.807, 2.05) is 0 Å². The zero-order valence-corrected chi connectivity index (χ0v) is 16.5. The molecule has 3 nitrogen and oxygen atoms in total. The zero-order chi connectivity index (χ0) is 21.3. The van der Waals surface area contributed by atoms with Gasteiger partial charge in [-0.15, -0.1) is 0 Å². The summed E-state index contributed by atoms with van der Waals surface area (Å²) in [4.78, 5) is 4.35. The third-order valence-corrected chi connectivity index (χ3v) is 4.78. The van der Waals surface area contributed by atoms with E-state index in [1.165, 1.54) is 25.3 Å². The molecular weight excluding hydrogens is 415 g/mol. The fraction of sp³-hybridized carbons (Fsp3) is 0.0870. The summed E-state index contributed by atoms with van der Waals surface area (Å²) in [5.41, 5.74) is 0.196. The zero-order valence-electron chi connectivity index (χ0n) is 15.7. The van der Waals surface area contributed by atoms with Crippen LogP contribution in [0.25, 0.3) is 22.3 Å². The van der Waals surface area contributed by atoms with E-state index in [4.69, 9.17) is 20.8 Å². The Morgan fingerprint density at radius 1 is 0.933 bits per heavy atom. The first-order valence-electron chi connectivity index (χ1n) is 8.94. The van der Waals surface area contributed by atoms with E-state index in [0.717, 1.165) is 11.6 Å². The molecule has 3 aromatic carbocycles. The minimum absolute atomic E-state index is 0.178. The Morgan fingerprint density at radius 3 is 2.37 bits per heavy atom. The number of nitrogens with zero attached hydrogens (tertiary/aromatic N) is 1. The second-order valence-electron chi connectivity index (χ2n) is 6.49. The van der Waals surface area contributed by atoms with Gasteiger partial charge in [-0.25, -0.2) is 4.99 Å². The van der Waals surface area contributed by atoms with E-state index in [-0.39, 0.29) is 5.69 Å². The van der Waals surface area contributed by atoms with Gasteiger partial charge in [-0.3, -0.25) is 0 Å². The summed E-state index contributed by atoms with van der Waals surface area (Å²) in [7, 11) is 1.51. The van der Waals surface area contributed by atoms with Crippen molar-refractivity contribution in [3.8, 4) is 17.1 Å². The number of rotatable bonds is 3. The highest BCUT2D eigenvalue weighted by atomic mass is 35.5. The quantitative estimate of drug-likeness (QED) is 0.351. The molecule has 0 saturated heterocycles. The maximum absolute atomic E-state index is 13.5. The number of ether oxygens (including phenoxy) is 1. The molecule has 0 aliphatic heterocycles. The molecule has 4 rings (SSSR count). The van der Waals surface area contributed by atoms with Crippen LogP contribution in [0.4, 0.5) is 18.9 Å². The molecule has 1 aromatic heterocycles. The molecule has 152 valence electrons. The van der Waals surface area contributed by atoms with Crippen LogP contribution in [0, 0.1) is 0 Å². The highest BCUT2D eigenvalue weighted by molar-refractivity contribution is 6.30. The number of fused-ring (bicyclic) bond motifs is 1. The van der Waals surface area contributed by atoms with Gasteiger partial charge in [0, 0.05) is 22.0 Å².